The zero-order valence-corrected chi connectivity index (χ0v) is 9.89. The summed E-state index contributed by atoms with van der Waals surface area (Å²) in [5.74, 6) is -1.31. The molecule has 0 amide bonds. The molecule has 2 N–H and O–H groups in total. The van der Waals surface area contributed by atoms with Gasteiger partial charge in [0.1, 0.15) is 10.6 Å². The van der Waals surface area contributed by atoms with Crippen LogP contribution in [0, 0.1) is 9.52 Å². The van der Waals surface area contributed by atoms with Gasteiger partial charge in [0, 0.05) is 6.07 Å². The van der Waals surface area contributed by atoms with Crippen LogP contribution in [-0.4, -0.2) is 13.4 Å². The van der Waals surface area contributed by atoms with E-state index < -0.39 is 33.0 Å². The molecule has 0 unspecified atom stereocenters. The van der Waals surface area contributed by atoms with Gasteiger partial charge in [-0.05, 0) is 22.6 Å². The summed E-state index contributed by atoms with van der Waals surface area (Å²) in [5, 5.41) is 4.72. The average molecular weight is 352 g/mol. The van der Waals surface area contributed by atoms with Crippen molar-refractivity contribution in [2.75, 3.05) is 0 Å². The van der Waals surface area contributed by atoms with Crippen molar-refractivity contribution in [1.29, 1.82) is 0 Å². The summed E-state index contributed by atoms with van der Waals surface area (Å²) in [5.41, 5.74) is -0.931. The van der Waals surface area contributed by atoms with Crippen molar-refractivity contribution in [3.8, 4) is 0 Å². The third-order valence-corrected chi connectivity index (χ3v) is 3.87. The van der Waals surface area contributed by atoms with Crippen molar-refractivity contribution >= 4 is 32.6 Å². The highest BCUT2D eigenvalue weighted by Gasteiger charge is 2.23. The fourth-order valence-electron chi connectivity index (χ4n) is 0.846. The first-order valence-electron chi connectivity index (χ1n) is 3.40. The molecule has 15 heavy (non-hydrogen) atoms. The maximum absolute atomic E-state index is 12.7. The van der Waals surface area contributed by atoms with Gasteiger partial charge in [0.2, 0.25) is 16.0 Å². The third-order valence-electron chi connectivity index (χ3n) is 1.43. The van der Waals surface area contributed by atoms with Gasteiger partial charge in [0.15, 0.2) is 0 Å². The number of nitrogens with zero attached hydrogens (tertiary/aromatic N) is 1. The summed E-state index contributed by atoms with van der Waals surface area (Å²) in [4.78, 5) is 2.21. The molecule has 0 saturated heterocycles. The van der Waals surface area contributed by atoms with E-state index in [1.54, 1.807) is 0 Å². The van der Waals surface area contributed by atoms with Gasteiger partial charge in [-0.1, -0.05) is 0 Å². The van der Waals surface area contributed by atoms with E-state index in [0.717, 1.165) is 0 Å². The second-order valence-corrected chi connectivity index (χ2v) is 5.10. The molecule has 84 valence electrons. The second-order valence-electron chi connectivity index (χ2n) is 2.49. The highest BCUT2D eigenvalue weighted by molar-refractivity contribution is 14.1. The predicted octanol–water partition coefficient (Wildman–Crippen LogP) is 1.41. The minimum Gasteiger partial charge on any atom is -0.225 e. The zero-order valence-electron chi connectivity index (χ0n) is 6.92. The minimum atomic E-state index is -4.23. The van der Waals surface area contributed by atoms with Crippen LogP contribution in [0.1, 0.15) is 12.1 Å². The Bertz CT molecular complexity index is 491. The molecular formula is C6H4F3IN2O2S. The molecule has 0 aromatic carbocycles. The van der Waals surface area contributed by atoms with Crippen molar-refractivity contribution in [3.63, 3.8) is 0 Å². The second kappa shape index (κ2) is 4.22. The van der Waals surface area contributed by atoms with E-state index in [0.29, 0.717) is 6.07 Å². The lowest BCUT2D eigenvalue weighted by molar-refractivity contribution is 0.143. The Balaban J connectivity index is 3.56. The largest absolute Gasteiger partial charge is 0.281 e. The Kier molecular flexibility index (Phi) is 3.55. The number of alkyl halides is 2. The van der Waals surface area contributed by atoms with Crippen molar-refractivity contribution in [3.05, 3.63) is 21.3 Å². The Morgan fingerprint density at radius 2 is 2.00 bits per heavy atom. The fourth-order valence-corrected chi connectivity index (χ4v) is 2.89. The molecule has 4 nitrogen and oxygen atoms in total. The molecule has 0 aliphatic carbocycles. The predicted molar refractivity (Wildman–Crippen MR) is 53.2 cm³/mol. The van der Waals surface area contributed by atoms with Crippen LogP contribution in [0.15, 0.2) is 11.0 Å². The van der Waals surface area contributed by atoms with Crippen molar-refractivity contribution in [2.45, 2.75) is 11.3 Å². The standard InChI is InChI=1S/C6H4F3IN2O2S/c7-3-1-2(15(11,13)14)4(10)5(12-3)6(8)9/h1,6H,(H2,11,13,14). The number of hydrogen-bond donors (Lipinski definition) is 1. The first kappa shape index (κ1) is 12.6. The molecule has 0 radical (unpaired) electrons. The number of pyridine rings is 1. The highest BCUT2D eigenvalue weighted by atomic mass is 127. The first-order valence-corrected chi connectivity index (χ1v) is 6.03. The van der Waals surface area contributed by atoms with Crippen LogP contribution in [0.4, 0.5) is 13.2 Å². The van der Waals surface area contributed by atoms with E-state index in [1.165, 1.54) is 22.6 Å². The Hall–Kier alpha value is -0.420. The molecule has 0 bridgehead atoms. The van der Waals surface area contributed by atoms with Gasteiger partial charge in [-0.3, -0.25) is 0 Å². The fraction of sp³-hybridized carbons (Fsp3) is 0.167. The number of rotatable bonds is 2. The first-order chi connectivity index (χ1) is 6.73. The van der Waals surface area contributed by atoms with Crippen LogP contribution < -0.4 is 5.14 Å². The molecule has 1 heterocycles. The SMILES string of the molecule is NS(=O)(=O)c1cc(F)nc(C(F)F)c1I. The molecule has 0 aliphatic heterocycles. The van der Waals surface area contributed by atoms with E-state index >= 15 is 0 Å². The van der Waals surface area contributed by atoms with E-state index in [1.807, 2.05) is 0 Å². The van der Waals surface area contributed by atoms with Gasteiger partial charge >= 0.3 is 0 Å². The van der Waals surface area contributed by atoms with Crippen LogP contribution >= 0.6 is 22.6 Å². The van der Waals surface area contributed by atoms with Crippen LogP contribution in [-0.2, 0) is 10.0 Å². The molecule has 9 heteroatoms. The highest BCUT2D eigenvalue weighted by Crippen LogP contribution is 2.27. The molecule has 0 atom stereocenters. The summed E-state index contributed by atoms with van der Waals surface area (Å²) in [6.07, 6.45) is -3.06. The van der Waals surface area contributed by atoms with Crippen LogP contribution in [0.2, 0.25) is 0 Å². The molecular weight excluding hydrogens is 348 g/mol. The molecule has 1 aromatic rings. The third kappa shape index (κ3) is 2.78. The molecule has 0 spiro atoms. The number of primary sulfonamides is 1. The molecule has 0 saturated carbocycles. The summed E-state index contributed by atoms with van der Waals surface area (Å²) in [6, 6.07) is 0.503. The molecule has 1 aromatic heterocycles. The van der Waals surface area contributed by atoms with E-state index in [4.69, 9.17) is 5.14 Å². The van der Waals surface area contributed by atoms with Crippen LogP contribution in [0.25, 0.3) is 0 Å². The minimum absolute atomic E-state index is 0.369. The van der Waals surface area contributed by atoms with Gasteiger partial charge in [0.05, 0.1) is 3.57 Å². The van der Waals surface area contributed by atoms with Gasteiger partial charge in [0.25, 0.3) is 6.43 Å². The number of halogens is 4. The molecule has 0 aliphatic rings. The topological polar surface area (TPSA) is 73.1 Å². The van der Waals surface area contributed by atoms with Crippen LogP contribution in [0.3, 0.4) is 0 Å². The number of aromatic nitrogens is 1. The summed E-state index contributed by atoms with van der Waals surface area (Å²) < 4.78 is 58.8. The Morgan fingerprint density at radius 3 is 2.40 bits per heavy atom. The smallest absolute Gasteiger partial charge is 0.225 e. The Labute approximate surface area is 96.9 Å². The number of nitrogens with two attached hydrogens (primary N) is 1. The monoisotopic (exact) mass is 352 g/mol. The number of sulfonamides is 1. The molecule has 0 fully saturated rings. The van der Waals surface area contributed by atoms with Gasteiger partial charge in [-0.25, -0.2) is 27.3 Å². The molecule has 1 rings (SSSR count). The lowest BCUT2D eigenvalue weighted by Gasteiger charge is -2.06. The number of hydrogen-bond acceptors (Lipinski definition) is 3. The average Bonchev–Trinajstić information content (AvgIpc) is 2.06. The zero-order chi connectivity index (χ0) is 11.8. The lowest BCUT2D eigenvalue weighted by atomic mass is 10.3. The van der Waals surface area contributed by atoms with E-state index in [9.17, 15) is 21.6 Å². The maximum atomic E-state index is 12.7. The van der Waals surface area contributed by atoms with E-state index in [-0.39, 0.29) is 3.57 Å². The summed E-state index contributed by atoms with van der Waals surface area (Å²) in [7, 11) is -4.23. The summed E-state index contributed by atoms with van der Waals surface area (Å²) in [6.45, 7) is 0. The Morgan fingerprint density at radius 1 is 1.47 bits per heavy atom. The summed E-state index contributed by atoms with van der Waals surface area (Å²) >= 11 is 1.33. The van der Waals surface area contributed by atoms with Crippen molar-refractivity contribution in [2.24, 2.45) is 5.14 Å². The van der Waals surface area contributed by atoms with Crippen molar-refractivity contribution < 1.29 is 21.6 Å². The normalized spacial score (nSPS) is 12.1. The van der Waals surface area contributed by atoms with Crippen molar-refractivity contribution in [1.82, 2.24) is 4.98 Å². The van der Waals surface area contributed by atoms with Gasteiger partial charge in [-0.2, -0.15) is 4.39 Å². The van der Waals surface area contributed by atoms with Crippen LogP contribution in [0.5, 0.6) is 0 Å². The quantitative estimate of drug-likeness (QED) is 0.646. The van der Waals surface area contributed by atoms with Gasteiger partial charge < -0.3 is 0 Å². The maximum Gasteiger partial charge on any atom is 0.281 e. The van der Waals surface area contributed by atoms with E-state index in [2.05, 4.69) is 4.98 Å². The van der Waals surface area contributed by atoms with Gasteiger partial charge in [-0.15, -0.1) is 0 Å². The lowest BCUT2D eigenvalue weighted by Crippen LogP contribution is -2.16.